The number of rotatable bonds is 6. The zero-order valence-corrected chi connectivity index (χ0v) is 13.0. The van der Waals surface area contributed by atoms with Crippen LogP contribution < -0.4 is 5.32 Å². The lowest BCUT2D eigenvalue weighted by Crippen LogP contribution is -2.20. The van der Waals surface area contributed by atoms with Crippen molar-refractivity contribution < 1.29 is 0 Å². The first-order chi connectivity index (χ1) is 9.63. The third-order valence-electron chi connectivity index (χ3n) is 3.75. The molecule has 2 rings (SSSR count). The normalized spacial score (nSPS) is 12.6. The van der Waals surface area contributed by atoms with E-state index < -0.39 is 0 Å². The third kappa shape index (κ3) is 3.48. The summed E-state index contributed by atoms with van der Waals surface area (Å²) in [5, 5.41) is 8.15. The van der Waals surface area contributed by atoms with Gasteiger partial charge in [0.15, 0.2) is 0 Å². The molecule has 1 N–H and O–H groups in total. The molecule has 1 heterocycles. The van der Waals surface area contributed by atoms with Crippen LogP contribution >= 0.6 is 0 Å². The molecule has 0 saturated carbocycles. The molecule has 20 heavy (non-hydrogen) atoms. The van der Waals surface area contributed by atoms with E-state index in [4.69, 9.17) is 0 Å². The Morgan fingerprint density at radius 2 is 1.90 bits per heavy atom. The number of aryl methyl sites for hydroxylation is 3. The van der Waals surface area contributed by atoms with Crippen molar-refractivity contribution in [1.82, 2.24) is 15.1 Å². The fourth-order valence-corrected chi connectivity index (χ4v) is 2.56. The molecule has 0 bridgehead atoms. The lowest BCUT2D eigenvalue weighted by Gasteiger charge is -2.17. The zero-order chi connectivity index (χ0) is 14.5. The highest BCUT2D eigenvalue weighted by Crippen LogP contribution is 2.18. The molecule has 0 amide bonds. The van der Waals surface area contributed by atoms with Crippen molar-refractivity contribution in [2.24, 2.45) is 7.05 Å². The van der Waals surface area contributed by atoms with Gasteiger partial charge in [0.05, 0.1) is 5.69 Å². The number of nitrogens with one attached hydrogen (secondary N) is 1. The number of hydrogen-bond donors (Lipinski definition) is 1. The van der Waals surface area contributed by atoms with Crippen LogP contribution in [0.25, 0.3) is 0 Å². The summed E-state index contributed by atoms with van der Waals surface area (Å²) in [6, 6.07) is 9.21. The summed E-state index contributed by atoms with van der Waals surface area (Å²) in [6.07, 6.45) is 4.19. The van der Waals surface area contributed by atoms with Crippen LogP contribution in [0.15, 0.2) is 30.5 Å². The smallest absolute Gasteiger partial charge is 0.0666 e. The average molecular weight is 271 g/mol. The van der Waals surface area contributed by atoms with E-state index >= 15 is 0 Å². The molecule has 0 spiro atoms. The van der Waals surface area contributed by atoms with Crippen LogP contribution in [0.1, 0.15) is 48.7 Å². The molecule has 3 nitrogen and oxygen atoms in total. The van der Waals surface area contributed by atoms with Crippen molar-refractivity contribution in [3.05, 3.63) is 52.8 Å². The van der Waals surface area contributed by atoms with E-state index in [0.717, 1.165) is 19.4 Å². The summed E-state index contributed by atoms with van der Waals surface area (Å²) in [7, 11) is 1.99. The molecular formula is C17H25N3. The van der Waals surface area contributed by atoms with Crippen LogP contribution in [-0.2, 0) is 20.0 Å². The van der Waals surface area contributed by atoms with Crippen molar-refractivity contribution in [2.75, 3.05) is 0 Å². The molecule has 0 aliphatic carbocycles. The van der Waals surface area contributed by atoms with Crippen LogP contribution in [0.5, 0.6) is 0 Å². The second-order valence-electron chi connectivity index (χ2n) is 5.38. The van der Waals surface area contributed by atoms with E-state index in [-0.39, 0.29) is 0 Å². The van der Waals surface area contributed by atoms with Crippen LogP contribution in [0, 0.1) is 6.92 Å². The van der Waals surface area contributed by atoms with E-state index in [1.165, 1.54) is 22.4 Å². The maximum absolute atomic E-state index is 4.49. The van der Waals surface area contributed by atoms with Crippen molar-refractivity contribution in [1.29, 1.82) is 0 Å². The van der Waals surface area contributed by atoms with Crippen LogP contribution in [0.4, 0.5) is 0 Å². The Bertz CT molecular complexity index is 540. The standard InChI is InChI=1S/C17H25N3/c1-5-16(14-9-7-13(3)8-10-14)18-11-15-12-20(4)19-17(15)6-2/h7-10,12,16,18H,5-6,11H2,1-4H3. The van der Waals surface area contributed by atoms with E-state index in [0.29, 0.717) is 6.04 Å². The zero-order valence-electron chi connectivity index (χ0n) is 13.0. The molecule has 1 unspecified atom stereocenters. The van der Waals surface area contributed by atoms with E-state index in [1.807, 2.05) is 11.7 Å². The van der Waals surface area contributed by atoms with E-state index in [1.54, 1.807) is 0 Å². The molecule has 1 atom stereocenters. The molecule has 3 heteroatoms. The SMILES string of the molecule is CCc1nn(C)cc1CNC(CC)c1ccc(C)cc1. The summed E-state index contributed by atoms with van der Waals surface area (Å²) in [6.45, 7) is 7.38. The lowest BCUT2D eigenvalue weighted by molar-refractivity contribution is 0.517. The van der Waals surface area contributed by atoms with E-state index in [9.17, 15) is 0 Å². The molecule has 0 radical (unpaired) electrons. The quantitative estimate of drug-likeness (QED) is 0.871. The Morgan fingerprint density at radius 3 is 2.50 bits per heavy atom. The van der Waals surface area contributed by atoms with Gasteiger partial charge in [-0.3, -0.25) is 4.68 Å². The summed E-state index contributed by atoms with van der Waals surface area (Å²) in [5.74, 6) is 0. The summed E-state index contributed by atoms with van der Waals surface area (Å²) in [5.41, 5.74) is 5.17. The maximum atomic E-state index is 4.49. The van der Waals surface area contributed by atoms with E-state index in [2.05, 4.69) is 61.6 Å². The first-order valence-corrected chi connectivity index (χ1v) is 7.45. The average Bonchev–Trinajstić information content (AvgIpc) is 2.81. The number of benzene rings is 1. The first-order valence-electron chi connectivity index (χ1n) is 7.45. The Hall–Kier alpha value is -1.61. The van der Waals surface area contributed by atoms with Crippen molar-refractivity contribution in [3.8, 4) is 0 Å². The largest absolute Gasteiger partial charge is 0.306 e. The second-order valence-corrected chi connectivity index (χ2v) is 5.38. The fourth-order valence-electron chi connectivity index (χ4n) is 2.56. The molecule has 0 fully saturated rings. The van der Waals surface area contributed by atoms with Gasteiger partial charge in [-0.25, -0.2) is 0 Å². The van der Waals surface area contributed by atoms with Gasteiger partial charge in [0, 0.05) is 31.4 Å². The third-order valence-corrected chi connectivity index (χ3v) is 3.75. The van der Waals surface area contributed by atoms with Crippen LogP contribution in [0.3, 0.4) is 0 Å². The van der Waals surface area contributed by atoms with Crippen LogP contribution in [-0.4, -0.2) is 9.78 Å². The number of nitrogens with zero attached hydrogens (tertiary/aromatic N) is 2. The van der Waals surface area contributed by atoms with Gasteiger partial charge in [-0.1, -0.05) is 43.7 Å². The Balaban J connectivity index is 2.05. The second kappa shape index (κ2) is 6.71. The predicted octanol–water partition coefficient (Wildman–Crippen LogP) is 3.53. The fraction of sp³-hybridized carbons (Fsp3) is 0.471. The topological polar surface area (TPSA) is 29.9 Å². The highest BCUT2D eigenvalue weighted by atomic mass is 15.3. The first kappa shape index (κ1) is 14.8. The predicted molar refractivity (Wildman–Crippen MR) is 83.6 cm³/mol. The minimum Gasteiger partial charge on any atom is -0.306 e. The van der Waals surface area contributed by atoms with Gasteiger partial charge < -0.3 is 5.32 Å². The van der Waals surface area contributed by atoms with Crippen LogP contribution in [0.2, 0.25) is 0 Å². The highest BCUT2D eigenvalue weighted by molar-refractivity contribution is 5.24. The number of hydrogen-bond acceptors (Lipinski definition) is 2. The van der Waals surface area contributed by atoms with Crippen molar-refractivity contribution in [2.45, 2.75) is 46.2 Å². The highest BCUT2D eigenvalue weighted by Gasteiger charge is 2.11. The van der Waals surface area contributed by atoms with Gasteiger partial charge >= 0.3 is 0 Å². The summed E-state index contributed by atoms with van der Waals surface area (Å²) in [4.78, 5) is 0. The minimum absolute atomic E-state index is 0.403. The molecular weight excluding hydrogens is 246 g/mol. The number of aromatic nitrogens is 2. The van der Waals surface area contributed by atoms with Gasteiger partial charge in [-0.15, -0.1) is 0 Å². The molecule has 0 aliphatic rings. The minimum atomic E-state index is 0.403. The van der Waals surface area contributed by atoms with Gasteiger partial charge in [0.25, 0.3) is 0 Å². The van der Waals surface area contributed by atoms with Crippen molar-refractivity contribution in [3.63, 3.8) is 0 Å². The monoisotopic (exact) mass is 271 g/mol. The van der Waals surface area contributed by atoms with Gasteiger partial charge in [0.1, 0.15) is 0 Å². The Kier molecular flexibility index (Phi) is 4.96. The summed E-state index contributed by atoms with van der Waals surface area (Å²) < 4.78 is 1.91. The van der Waals surface area contributed by atoms with Gasteiger partial charge in [-0.05, 0) is 25.3 Å². The Morgan fingerprint density at radius 1 is 1.20 bits per heavy atom. The molecule has 1 aromatic heterocycles. The molecule has 108 valence electrons. The molecule has 1 aromatic carbocycles. The molecule has 0 aliphatic heterocycles. The maximum Gasteiger partial charge on any atom is 0.0666 e. The molecule has 0 saturated heterocycles. The Labute approximate surface area is 122 Å². The van der Waals surface area contributed by atoms with Gasteiger partial charge in [0.2, 0.25) is 0 Å². The summed E-state index contributed by atoms with van der Waals surface area (Å²) >= 11 is 0. The lowest BCUT2D eigenvalue weighted by atomic mass is 10.0. The van der Waals surface area contributed by atoms with Gasteiger partial charge in [-0.2, -0.15) is 5.10 Å². The molecule has 2 aromatic rings. The van der Waals surface area contributed by atoms with Crippen molar-refractivity contribution >= 4 is 0 Å².